The second-order valence-corrected chi connectivity index (χ2v) is 4.55. The molecule has 2 unspecified atom stereocenters. The van der Waals surface area contributed by atoms with Crippen molar-refractivity contribution in [3.63, 3.8) is 0 Å². The Morgan fingerprint density at radius 2 is 1.56 bits per heavy atom. The minimum Gasteiger partial charge on any atom is -0.283 e. The maximum Gasteiger partial charge on any atom is 0.463 e. The molecule has 2 atom stereocenters. The molecule has 0 radical (unpaired) electrons. The average molecular weight is 274 g/mol. The second-order valence-electron chi connectivity index (χ2n) is 4.55. The van der Waals surface area contributed by atoms with Gasteiger partial charge in [-0.2, -0.15) is 22.0 Å². The summed E-state index contributed by atoms with van der Waals surface area (Å²) in [7, 11) is 0. The molecule has 18 heavy (non-hydrogen) atoms. The van der Waals surface area contributed by atoms with Crippen LogP contribution >= 0.6 is 0 Å². The highest BCUT2D eigenvalue weighted by Gasteiger charge is 2.63. The van der Waals surface area contributed by atoms with Crippen LogP contribution in [-0.4, -0.2) is 35.1 Å². The van der Waals surface area contributed by atoms with Crippen LogP contribution in [0.2, 0.25) is 0 Å². The van der Waals surface area contributed by atoms with Crippen LogP contribution in [0.3, 0.4) is 0 Å². The van der Waals surface area contributed by atoms with Crippen molar-refractivity contribution in [2.75, 3.05) is 0 Å². The van der Waals surface area contributed by atoms with Crippen LogP contribution in [-0.2, 0) is 4.79 Å². The fourth-order valence-electron chi connectivity index (χ4n) is 1.96. The highest BCUT2D eigenvalue weighted by Crippen LogP contribution is 2.35. The number of halogens is 5. The molecular formula is C10H15F5N2O. The lowest BCUT2D eigenvalue weighted by Gasteiger charge is -2.39. The maximum atomic E-state index is 12.8. The fraction of sp³-hybridized carbons (Fsp3) is 0.900. The molecule has 1 fully saturated rings. The van der Waals surface area contributed by atoms with Crippen LogP contribution in [0.25, 0.3) is 0 Å². The van der Waals surface area contributed by atoms with Crippen LogP contribution in [0.15, 0.2) is 0 Å². The Morgan fingerprint density at radius 1 is 1.11 bits per heavy atom. The Labute approximate surface area is 101 Å². The third kappa shape index (κ3) is 2.90. The van der Waals surface area contributed by atoms with Crippen molar-refractivity contribution < 1.29 is 26.7 Å². The maximum absolute atomic E-state index is 12.8. The van der Waals surface area contributed by atoms with E-state index in [2.05, 4.69) is 0 Å². The summed E-state index contributed by atoms with van der Waals surface area (Å²) < 4.78 is 61.5. The molecule has 0 aliphatic carbocycles. The number of hydrazine groups is 1. The third-order valence-electron chi connectivity index (χ3n) is 3.07. The first-order valence-corrected chi connectivity index (χ1v) is 5.61. The van der Waals surface area contributed by atoms with E-state index in [0.29, 0.717) is 12.8 Å². The van der Waals surface area contributed by atoms with Crippen molar-refractivity contribution in [1.82, 2.24) is 10.4 Å². The summed E-state index contributed by atoms with van der Waals surface area (Å²) in [6.07, 6.45) is -3.74. The molecule has 1 N–H and O–H groups in total. The highest BCUT2D eigenvalue weighted by molar-refractivity contribution is 5.83. The predicted molar refractivity (Wildman–Crippen MR) is 53.8 cm³/mol. The molecule has 1 saturated heterocycles. The molecule has 1 rings (SSSR count). The predicted octanol–water partition coefficient (Wildman–Crippen LogP) is 2.48. The summed E-state index contributed by atoms with van der Waals surface area (Å²) in [5.41, 5.74) is 1.69. The Bertz CT molecular complexity index is 308. The van der Waals surface area contributed by atoms with Gasteiger partial charge in [-0.15, -0.1) is 0 Å². The number of hydrogen-bond acceptors (Lipinski definition) is 2. The van der Waals surface area contributed by atoms with Crippen molar-refractivity contribution in [1.29, 1.82) is 0 Å². The van der Waals surface area contributed by atoms with Gasteiger partial charge in [0, 0.05) is 12.1 Å². The van der Waals surface area contributed by atoms with Gasteiger partial charge in [-0.1, -0.05) is 6.42 Å². The highest BCUT2D eigenvalue weighted by atomic mass is 19.4. The zero-order valence-electron chi connectivity index (χ0n) is 10.0. The summed E-state index contributed by atoms with van der Waals surface area (Å²) in [6, 6.07) is -0.525. The Balaban J connectivity index is 2.75. The van der Waals surface area contributed by atoms with E-state index >= 15 is 0 Å². The van der Waals surface area contributed by atoms with Crippen molar-refractivity contribution in [3.05, 3.63) is 0 Å². The van der Waals surface area contributed by atoms with Gasteiger partial charge in [0.15, 0.2) is 0 Å². The number of alkyl halides is 5. The van der Waals surface area contributed by atoms with E-state index in [1.54, 1.807) is 19.3 Å². The van der Waals surface area contributed by atoms with Gasteiger partial charge in [0.1, 0.15) is 0 Å². The topological polar surface area (TPSA) is 32.3 Å². The molecule has 0 aromatic heterocycles. The van der Waals surface area contributed by atoms with Gasteiger partial charge in [0.2, 0.25) is 0 Å². The largest absolute Gasteiger partial charge is 0.463 e. The molecule has 106 valence electrons. The van der Waals surface area contributed by atoms with Gasteiger partial charge < -0.3 is 0 Å². The summed E-state index contributed by atoms with van der Waals surface area (Å²) in [5, 5.41) is 1.17. The summed E-state index contributed by atoms with van der Waals surface area (Å²) in [4.78, 5) is 11.0. The molecule has 1 aliphatic heterocycles. The van der Waals surface area contributed by atoms with Gasteiger partial charge in [-0.25, -0.2) is 5.01 Å². The van der Waals surface area contributed by atoms with Gasteiger partial charge >= 0.3 is 18.0 Å². The third-order valence-corrected chi connectivity index (χ3v) is 3.07. The average Bonchev–Trinajstić information content (AvgIpc) is 2.21. The number of piperidine rings is 1. The van der Waals surface area contributed by atoms with Gasteiger partial charge in [0.25, 0.3) is 0 Å². The Kier molecular flexibility index (Phi) is 4.19. The van der Waals surface area contributed by atoms with Crippen molar-refractivity contribution in [2.45, 2.75) is 57.3 Å². The first kappa shape index (κ1) is 15.1. The number of nitrogens with one attached hydrogen (secondary N) is 1. The van der Waals surface area contributed by atoms with Crippen LogP contribution < -0.4 is 5.43 Å². The van der Waals surface area contributed by atoms with Crippen molar-refractivity contribution in [2.24, 2.45) is 0 Å². The lowest BCUT2D eigenvalue weighted by atomic mass is 10.00. The first-order chi connectivity index (χ1) is 8.07. The molecule has 1 amide bonds. The van der Waals surface area contributed by atoms with Crippen LogP contribution in [0.5, 0.6) is 0 Å². The quantitative estimate of drug-likeness (QED) is 0.785. The van der Waals surface area contributed by atoms with Crippen LogP contribution in [0, 0.1) is 0 Å². The molecule has 0 aromatic carbocycles. The van der Waals surface area contributed by atoms with E-state index in [1.807, 2.05) is 0 Å². The smallest absolute Gasteiger partial charge is 0.283 e. The van der Waals surface area contributed by atoms with E-state index in [1.165, 1.54) is 5.01 Å². The van der Waals surface area contributed by atoms with E-state index < -0.39 is 18.0 Å². The lowest BCUT2D eigenvalue weighted by molar-refractivity contribution is -0.272. The molecular weight excluding hydrogens is 259 g/mol. The molecule has 1 aliphatic rings. The van der Waals surface area contributed by atoms with Gasteiger partial charge in [0.05, 0.1) is 0 Å². The molecule has 0 spiro atoms. The number of rotatable bonds is 2. The van der Waals surface area contributed by atoms with Crippen molar-refractivity contribution >= 4 is 5.91 Å². The Morgan fingerprint density at radius 3 is 1.94 bits per heavy atom. The molecule has 3 nitrogen and oxygen atoms in total. The minimum atomic E-state index is -5.88. The zero-order valence-corrected chi connectivity index (χ0v) is 10.0. The van der Waals surface area contributed by atoms with E-state index in [9.17, 15) is 26.7 Å². The number of carbonyl (C=O) groups excluding carboxylic acids is 1. The fourth-order valence-corrected chi connectivity index (χ4v) is 1.96. The van der Waals surface area contributed by atoms with Crippen LogP contribution in [0.4, 0.5) is 22.0 Å². The van der Waals surface area contributed by atoms with E-state index in [4.69, 9.17) is 0 Å². The Hall–Kier alpha value is -0.920. The van der Waals surface area contributed by atoms with E-state index in [-0.39, 0.29) is 12.1 Å². The standard InChI is InChI=1S/C10H15F5N2O/c1-6-4-3-5-7(2)17(6)16-8(18)9(11,12)10(13,14)15/h6-7H,3-5H2,1-2H3,(H,16,18). The normalized spacial score (nSPS) is 27.1. The van der Waals surface area contributed by atoms with E-state index in [0.717, 1.165) is 6.42 Å². The zero-order chi connectivity index (χ0) is 14.1. The number of hydrogen-bond donors (Lipinski definition) is 1. The van der Waals surface area contributed by atoms with Crippen molar-refractivity contribution in [3.8, 4) is 0 Å². The van der Waals surface area contributed by atoms with Gasteiger partial charge in [-0.05, 0) is 26.7 Å². The molecule has 8 heteroatoms. The summed E-state index contributed by atoms with van der Waals surface area (Å²) >= 11 is 0. The van der Waals surface area contributed by atoms with Gasteiger partial charge in [-0.3, -0.25) is 10.2 Å². The monoisotopic (exact) mass is 274 g/mol. The molecule has 0 saturated carbocycles. The minimum absolute atomic E-state index is 0.262. The number of amides is 1. The first-order valence-electron chi connectivity index (χ1n) is 5.61. The molecule has 1 heterocycles. The number of nitrogens with zero attached hydrogens (tertiary/aromatic N) is 1. The number of carbonyl (C=O) groups is 1. The van der Waals surface area contributed by atoms with Crippen LogP contribution in [0.1, 0.15) is 33.1 Å². The molecule has 0 bridgehead atoms. The second kappa shape index (κ2) is 4.99. The SMILES string of the molecule is CC1CCCC(C)N1NC(=O)C(F)(F)C(F)(F)F. The summed E-state index contributed by atoms with van der Waals surface area (Å²) in [6.45, 7) is 3.34. The molecule has 0 aromatic rings. The summed E-state index contributed by atoms with van der Waals surface area (Å²) in [5.74, 6) is -7.69. The lowest BCUT2D eigenvalue weighted by Crippen LogP contribution is -2.60.